The van der Waals surface area contributed by atoms with E-state index in [0.29, 0.717) is 0 Å². The quantitative estimate of drug-likeness (QED) is 0.389. The summed E-state index contributed by atoms with van der Waals surface area (Å²) in [6.07, 6.45) is 4.06. The monoisotopic (exact) mass is 318 g/mol. The van der Waals surface area contributed by atoms with Gasteiger partial charge in [0.1, 0.15) is 5.60 Å². The van der Waals surface area contributed by atoms with E-state index in [9.17, 15) is 0 Å². The molecule has 0 saturated carbocycles. The third-order valence-corrected chi connectivity index (χ3v) is 6.56. The topological polar surface area (TPSA) is 12.5 Å². The van der Waals surface area contributed by atoms with Crippen molar-refractivity contribution in [2.45, 2.75) is 47.6 Å². The molecule has 3 heteroatoms. The average Bonchev–Trinajstić information content (AvgIpc) is 2.78. The number of rotatable bonds is 0. The van der Waals surface area contributed by atoms with Gasteiger partial charge in [-0.1, -0.05) is 36.4 Å². The molecule has 5 rings (SSSR count). The van der Waals surface area contributed by atoms with Crippen LogP contribution in [0.1, 0.15) is 36.8 Å². The normalized spacial score (nSPS) is 44.2. The van der Waals surface area contributed by atoms with Crippen LogP contribution in [0.5, 0.6) is 0 Å². The van der Waals surface area contributed by atoms with Gasteiger partial charge in [-0.05, 0) is 36.1 Å². The molecule has 1 aliphatic heterocycles. The molecule has 1 heterocycles. The lowest BCUT2D eigenvalue weighted by atomic mass is 9.81. The molecular formula is C18H16Cl2O. The maximum absolute atomic E-state index is 6.63. The van der Waals surface area contributed by atoms with E-state index >= 15 is 0 Å². The molecule has 0 amide bonds. The molecule has 1 aromatic rings. The SMILES string of the molecule is CC1(C)OC12[C@@H]1C3=C([C@@H](Cl)C=C[C@H]3Cl)[C@H]2c2ccccc21. The first-order valence-electron chi connectivity index (χ1n) is 7.48. The molecule has 0 radical (unpaired) electrons. The van der Waals surface area contributed by atoms with Crippen LogP contribution in [0.25, 0.3) is 0 Å². The second-order valence-corrected chi connectivity index (χ2v) is 7.94. The summed E-state index contributed by atoms with van der Waals surface area (Å²) in [4.78, 5) is 0. The summed E-state index contributed by atoms with van der Waals surface area (Å²) >= 11 is 13.3. The van der Waals surface area contributed by atoms with Crippen molar-refractivity contribution in [1.29, 1.82) is 0 Å². The average molecular weight is 319 g/mol. The van der Waals surface area contributed by atoms with Crippen molar-refractivity contribution >= 4 is 23.2 Å². The van der Waals surface area contributed by atoms with Gasteiger partial charge in [-0.2, -0.15) is 0 Å². The molecule has 21 heavy (non-hydrogen) atoms. The first kappa shape index (κ1) is 12.8. The Balaban J connectivity index is 1.80. The highest BCUT2D eigenvalue weighted by Gasteiger charge is 2.79. The zero-order valence-corrected chi connectivity index (χ0v) is 13.4. The summed E-state index contributed by atoms with van der Waals surface area (Å²) in [7, 11) is 0. The van der Waals surface area contributed by atoms with Crippen molar-refractivity contribution < 1.29 is 4.74 Å². The Morgan fingerprint density at radius 1 is 0.905 bits per heavy atom. The fourth-order valence-electron chi connectivity index (χ4n) is 5.04. The van der Waals surface area contributed by atoms with Gasteiger partial charge in [-0.15, -0.1) is 23.2 Å². The van der Waals surface area contributed by atoms with Crippen LogP contribution in [0.4, 0.5) is 0 Å². The second-order valence-electron chi connectivity index (χ2n) is 7.00. The van der Waals surface area contributed by atoms with Gasteiger partial charge in [-0.3, -0.25) is 0 Å². The number of hydrogen-bond acceptors (Lipinski definition) is 1. The first-order chi connectivity index (χ1) is 9.99. The number of hydrogen-bond donors (Lipinski definition) is 0. The van der Waals surface area contributed by atoms with Crippen LogP contribution in [0.3, 0.4) is 0 Å². The second kappa shape index (κ2) is 3.59. The van der Waals surface area contributed by atoms with E-state index in [1.165, 1.54) is 22.3 Å². The lowest BCUT2D eigenvalue weighted by Crippen LogP contribution is -2.27. The minimum atomic E-state index is -0.159. The number of halogens is 2. The number of epoxide rings is 1. The molecule has 5 atom stereocenters. The minimum absolute atomic E-state index is 0.0600. The third kappa shape index (κ3) is 1.23. The smallest absolute Gasteiger partial charge is 0.119 e. The Morgan fingerprint density at radius 2 is 1.33 bits per heavy atom. The summed E-state index contributed by atoms with van der Waals surface area (Å²) < 4.78 is 6.32. The number of fused-ring (bicyclic) bond motifs is 5. The Bertz CT molecular complexity index is 681. The summed E-state index contributed by atoms with van der Waals surface area (Å²) in [5.74, 6) is 0.523. The lowest BCUT2D eigenvalue weighted by Gasteiger charge is -2.28. The minimum Gasteiger partial charge on any atom is -0.361 e. The standard InChI is InChI=1S/C18H16Cl2O/c1-17(2)18(21-17)15-9-5-3-4-6-10(9)16(18)14-12(20)8-7-11(19)13(14)15/h3-8,11-12,15-16H,1-2H3/t11-,12+,15+,16-,18?. The van der Waals surface area contributed by atoms with Crippen LogP contribution in [-0.4, -0.2) is 22.0 Å². The number of alkyl halides is 2. The van der Waals surface area contributed by atoms with Crippen LogP contribution in [0.15, 0.2) is 47.6 Å². The Kier molecular flexibility index (Phi) is 2.18. The van der Waals surface area contributed by atoms with Gasteiger partial charge in [0.25, 0.3) is 0 Å². The molecule has 0 N–H and O–H groups in total. The summed E-state index contributed by atoms with van der Waals surface area (Å²) in [6, 6.07) is 8.69. The van der Waals surface area contributed by atoms with E-state index in [1.54, 1.807) is 0 Å². The van der Waals surface area contributed by atoms with Gasteiger partial charge in [0.15, 0.2) is 0 Å². The van der Waals surface area contributed by atoms with E-state index in [4.69, 9.17) is 27.9 Å². The Labute approximate surface area is 134 Å². The summed E-state index contributed by atoms with van der Waals surface area (Å²) in [5, 5.41) is -0.120. The lowest BCUT2D eigenvalue weighted by molar-refractivity contribution is 0.262. The van der Waals surface area contributed by atoms with Crippen molar-refractivity contribution in [1.82, 2.24) is 0 Å². The highest BCUT2D eigenvalue weighted by Crippen LogP contribution is 2.77. The largest absolute Gasteiger partial charge is 0.361 e. The molecule has 108 valence electrons. The van der Waals surface area contributed by atoms with E-state index in [2.05, 4.69) is 38.1 Å². The van der Waals surface area contributed by atoms with E-state index in [0.717, 1.165) is 0 Å². The van der Waals surface area contributed by atoms with Crippen molar-refractivity contribution in [3.63, 3.8) is 0 Å². The van der Waals surface area contributed by atoms with E-state index in [-0.39, 0.29) is 33.8 Å². The van der Waals surface area contributed by atoms with Gasteiger partial charge in [0, 0.05) is 11.8 Å². The highest BCUT2D eigenvalue weighted by atomic mass is 35.5. The third-order valence-electron chi connectivity index (χ3n) is 5.80. The van der Waals surface area contributed by atoms with Crippen LogP contribution < -0.4 is 0 Å². The van der Waals surface area contributed by atoms with Crippen LogP contribution in [0, 0.1) is 0 Å². The number of ether oxygens (including phenoxy) is 1. The van der Waals surface area contributed by atoms with Crippen molar-refractivity contribution in [3.05, 3.63) is 58.7 Å². The number of allylic oxidation sites excluding steroid dienone is 2. The predicted octanol–water partition coefficient (Wildman–Crippen LogP) is 4.51. The molecule has 1 spiro atoms. The van der Waals surface area contributed by atoms with Crippen molar-refractivity contribution in [2.24, 2.45) is 0 Å². The predicted molar refractivity (Wildman–Crippen MR) is 85.3 cm³/mol. The van der Waals surface area contributed by atoms with Crippen LogP contribution in [0.2, 0.25) is 0 Å². The van der Waals surface area contributed by atoms with Gasteiger partial charge in [0.2, 0.25) is 0 Å². The molecule has 1 aromatic carbocycles. The van der Waals surface area contributed by atoms with E-state index < -0.39 is 0 Å². The molecule has 0 aromatic heterocycles. The van der Waals surface area contributed by atoms with Gasteiger partial charge in [-0.25, -0.2) is 0 Å². The van der Waals surface area contributed by atoms with Crippen molar-refractivity contribution in [3.8, 4) is 0 Å². The highest BCUT2D eigenvalue weighted by molar-refractivity contribution is 6.27. The maximum Gasteiger partial charge on any atom is 0.119 e. The fourth-order valence-corrected chi connectivity index (χ4v) is 5.72. The summed E-state index contributed by atoms with van der Waals surface area (Å²) in [6.45, 7) is 4.38. The molecule has 2 bridgehead atoms. The van der Waals surface area contributed by atoms with E-state index in [1.807, 2.05) is 12.2 Å². The zero-order chi connectivity index (χ0) is 14.6. The molecule has 1 fully saturated rings. The zero-order valence-electron chi connectivity index (χ0n) is 11.9. The first-order valence-corrected chi connectivity index (χ1v) is 8.35. The van der Waals surface area contributed by atoms with Crippen LogP contribution >= 0.6 is 23.2 Å². The Hall–Kier alpha value is -0.760. The van der Waals surface area contributed by atoms with Gasteiger partial charge >= 0.3 is 0 Å². The Morgan fingerprint density at radius 3 is 1.71 bits per heavy atom. The fraction of sp³-hybridized carbons (Fsp3) is 0.444. The molecular weight excluding hydrogens is 303 g/mol. The molecule has 1 nitrogen and oxygen atoms in total. The summed E-state index contributed by atoms with van der Waals surface area (Å²) in [5.41, 5.74) is 5.09. The van der Waals surface area contributed by atoms with Gasteiger partial charge in [0.05, 0.1) is 16.4 Å². The molecule has 3 aliphatic carbocycles. The molecule has 1 saturated heterocycles. The number of benzene rings is 1. The maximum atomic E-state index is 6.63. The van der Waals surface area contributed by atoms with Crippen LogP contribution in [-0.2, 0) is 4.74 Å². The van der Waals surface area contributed by atoms with Crippen molar-refractivity contribution in [2.75, 3.05) is 0 Å². The molecule has 4 aliphatic rings. The molecule has 1 unspecified atom stereocenters. The van der Waals surface area contributed by atoms with Gasteiger partial charge < -0.3 is 4.74 Å².